The lowest BCUT2D eigenvalue weighted by molar-refractivity contribution is -0.192. The number of anilines is 1. The molecule has 0 fully saturated rings. The fourth-order valence-electron chi connectivity index (χ4n) is 2.91. The van der Waals surface area contributed by atoms with Crippen molar-refractivity contribution < 1.29 is 32.6 Å². The highest BCUT2D eigenvalue weighted by Crippen LogP contribution is 2.23. The number of methoxy groups -OCH3 is 1. The summed E-state index contributed by atoms with van der Waals surface area (Å²) in [4.78, 5) is 30.3. The number of carbonyl (C=O) groups is 2. The summed E-state index contributed by atoms with van der Waals surface area (Å²) in [5, 5.41) is 7.12. The number of halogens is 3. The van der Waals surface area contributed by atoms with Crippen molar-refractivity contribution in [1.29, 1.82) is 0 Å². The van der Waals surface area contributed by atoms with Crippen LogP contribution in [-0.2, 0) is 23.1 Å². The fourth-order valence-corrected chi connectivity index (χ4v) is 2.91. The number of amides is 1. The molecule has 3 rings (SSSR count). The van der Waals surface area contributed by atoms with Crippen molar-refractivity contribution in [3.05, 3.63) is 47.9 Å². The molecule has 1 aliphatic rings. The number of carbonyl (C=O) groups excluding carboxylic acids is 1. The van der Waals surface area contributed by atoms with Crippen molar-refractivity contribution in [3.8, 4) is 0 Å². The smallest absolute Gasteiger partial charge is 0.475 e. The Morgan fingerprint density at radius 1 is 1.23 bits per heavy atom. The molecule has 0 bridgehead atoms. The molecule has 1 N–H and O–H groups in total. The molecule has 0 unspecified atom stereocenters. The first-order chi connectivity index (χ1) is 14.1. The Kier molecular flexibility index (Phi) is 7.81. The molecule has 0 radical (unpaired) electrons. The van der Waals surface area contributed by atoms with E-state index in [9.17, 15) is 18.0 Å². The first-order valence-electron chi connectivity index (χ1n) is 9.03. The Balaban J connectivity index is 0.000000396. The van der Waals surface area contributed by atoms with Gasteiger partial charge in [-0.3, -0.25) is 4.79 Å². The monoisotopic (exact) mass is 428 g/mol. The van der Waals surface area contributed by atoms with Crippen LogP contribution in [0.2, 0.25) is 0 Å². The largest absolute Gasteiger partial charge is 0.490 e. The van der Waals surface area contributed by atoms with Crippen LogP contribution in [0.1, 0.15) is 16.1 Å². The predicted molar refractivity (Wildman–Crippen MR) is 102 cm³/mol. The molecule has 0 atom stereocenters. The maximum atomic E-state index is 12.8. The van der Waals surface area contributed by atoms with Gasteiger partial charge in [-0.2, -0.15) is 13.2 Å². The van der Waals surface area contributed by atoms with E-state index < -0.39 is 12.1 Å². The molecule has 2 aromatic heterocycles. The molecule has 0 saturated heterocycles. The average Bonchev–Trinajstić information content (AvgIpc) is 3.03. The lowest BCUT2D eigenvalue weighted by atomic mass is 10.2. The van der Waals surface area contributed by atoms with Gasteiger partial charge in [-0.25, -0.2) is 9.78 Å². The Labute approximate surface area is 171 Å². The second-order valence-electron chi connectivity index (χ2n) is 6.50. The standard InChI is InChI=1S/C17H22N4O2.C2HF3O2/c1-19-8-4-6-15(19)17(22)21-10-9-20(11-12-23-2)16-14(13-21)5-3-7-18-16;3-2(4,5)1(6)7/h3-8H,9-13H2,1-2H3;(H,6,7). The minimum atomic E-state index is -5.08. The molecule has 30 heavy (non-hydrogen) atoms. The van der Waals surface area contributed by atoms with Gasteiger partial charge in [0.05, 0.1) is 6.61 Å². The van der Waals surface area contributed by atoms with Crippen molar-refractivity contribution in [2.75, 3.05) is 38.3 Å². The second-order valence-corrected chi connectivity index (χ2v) is 6.50. The van der Waals surface area contributed by atoms with E-state index in [-0.39, 0.29) is 5.91 Å². The number of alkyl halides is 3. The minimum Gasteiger partial charge on any atom is -0.475 e. The van der Waals surface area contributed by atoms with Crippen LogP contribution in [0, 0.1) is 0 Å². The van der Waals surface area contributed by atoms with Gasteiger partial charge < -0.3 is 24.2 Å². The fraction of sp³-hybridized carbons (Fsp3) is 0.421. The van der Waals surface area contributed by atoms with E-state index in [1.54, 1.807) is 13.3 Å². The normalized spacial score (nSPS) is 13.8. The van der Waals surface area contributed by atoms with Gasteiger partial charge in [0.2, 0.25) is 0 Å². The lowest BCUT2D eigenvalue weighted by Crippen LogP contribution is -2.37. The van der Waals surface area contributed by atoms with Crippen LogP contribution in [0.15, 0.2) is 36.7 Å². The molecule has 0 saturated carbocycles. The number of ether oxygens (including phenoxy) is 1. The lowest BCUT2D eigenvalue weighted by Gasteiger charge is -2.23. The molecule has 164 valence electrons. The van der Waals surface area contributed by atoms with Gasteiger partial charge >= 0.3 is 12.1 Å². The highest BCUT2D eigenvalue weighted by molar-refractivity contribution is 5.93. The zero-order valence-electron chi connectivity index (χ0n) is 16.6. The van der Waals surface area contributed by atoms with Gasteiger partial charge in [0.15, 0.2) is 0 Å². The van der Waals surface area contributed by atoms with Crippen LogP contribution >= 0.6 is 0 Å². The third-order valence-corrected chi connectivity index (χ3v) is 4.43. The Morgan fingerprint density at radius 2 is 1.93 bits per heavy atom. The first kappa shape index (κ1) is 23.2. The van der Waals surface area contributed by atoms with Crippen molar-refractivity contribution in [1.82, 2.24) is 14.5 Å². The Morgan fingerprint density at radius 3 is 2.50 bits per heavy atom. The number of aliphatic carboxylic acids is 1. The van der Waals surface area contributed by atoms with Crippen LogP contribution in [0.5, 0.6) is 0 Å². The third-order valence-electron chi connectivity index (χ3n) is 4.43. The van der Waals surface area contributed by atoms with Crippen LogP contribution in [0.4, 0.5) is 19.0 Å². The van der Waals surface area contributed by atoms with E-state index in [0.29, 0.717) is 25.4 Å². The van der Waals surface area contributed by atoms with Crippen LogP contribution in [-0.4, -0.2) is 71.0 Å². The average molecular weight is 428 g/mol. The molecule has 1 amide bonds. The first-order valence-corrected chi connectivity index (χ1v) is 9.03. The number of hydrogen-bond donors (Lipinski definition) is 1. The number of carboxylic acid groups (broad SMARTS) is 1. The van der Waals surface area contributed by atoms with Crippen molar-refractivity contribution in [2.45, 2.75) is 12.7 Å². The van der Waals surface area contributed by atoms with E-state index in [4.69, 9.17) is 14.6 Å². The quantitative estimate of drug-likeness (QED) is 0.803. The molecule has 11 heteroatoms. The van der Waals surface area contributed by atoms with E-state index in [1.165, 1.54) is 0 Å². The van der Waals surface area contributed by atoms with Gasteiger partial charge in [0.25, 0.3) is 5.91 Å². The minimum absolute atomic E-state index is 0.0564. The SMILES string of the molecule is COCCN1CCN(C(=O)c2cccn2C)Cc2cccnc21.O=C(O)C(F)(F)F. The van der Waals surface area contributed by atoms with Crippen molar-refractivity contribution in [2.24, 2.45) is 7.05 Å². The Hall–Kier alpha value is -3.08. The summed E-state index contributed by atoms with van der Waals surface area (Å²) in [5.41, 5.74) is 1.78. The van der Waals surface area contributed by atoms with Gasteiger partial charge in [0, 0.05) is 58.3 Å². The number of fused-ring (bicyclic) bond motifs is 1. The van der Waals surface area contributed by atoms with Gasteiger partial charge in [-0.15, -0.1) is 0 Å². The van der Waals surface area contributed by atoms with Gasteiger partial charge in [-0.05, 0) is 18.2 Å². The molecule has 8 nitrogen and oxygen atoms in total. The van der Waals surface area contributed by atoms with E-state index >= 15 is 0 Å². The third kappa shape index (κ3) is 5.96. The summed E-state index contributed by atoms with van der Waals surface area (Å²) in [6.07, 6.45) is -1.39. The summed E-state index contributed by atoms with van der Waals surface area (Å²) >= 11 is 0. The summed E-state index contributed by atoms with van der Waals surface area (Å²) in [7, 11) is 3.59. The topological polar surface area (TPSA) is 87.9 Å². The van der Waals surface area contributed by atoms with Crippen LogP contribution in [0.25, 0.3) is 0 Å². The van der Waals surface area contributed by atoms with Crippen molar-refractivity contribution in [3.63, 3.8) is 0 Å². The Bertz CT molecular complexity index is 869. The van der Waals surface area contributed by atoms with E-state index in [1.807, 2.05) is 47.0 Å². The molecule has 1 aliphatic heterocycles. The highest BCUT2D eigenvalue weighted by atomic mass is 19.4. The zero-order chi connectivity index (χ0) is 22.3. The summed E-state index contributed by atoms with van der Waals surface area (Å²) in [6.45, 7) is 3.42. The summed E-state index contributed by atoms with van der Waals surface area (Å²) in [6, 6.07) is 7.72. The van der Waals surface area contributed by atoms with Gasteiger partial charge in [-0.1, -0.05) is 6.07 Å². The maximum Gasteiger partial charge on any atom is 0.490 e. The van der Waals surface area contributed by atoms with Gasteiger partial charge in [0.1, 0.15) is 11.5 Å². The number of nitrogens with zero attached hydrogens (tertiary/aromatic N) is 4. The molecular weight excluding hydrogens is 405 g/mol. The number of pyridine rings is 1. The van der Waals surface area contributed by atoms with E-state index in [0.717, 1.165) is 24.5 Å². The van der Waals surface area contributed by atoms with E-state index in [2.05, 4.69) is 9.88 Å². The number of hydrogen-bond acceptors (Lipinski definition) is 5. The number of aryl methyl sites for hydroxylation is 1. The second kappa shape index (κ2) is 10.1. The molecule has 0 aliphatic carbocycles. The summed E-state index contributed by atoms with van der Waals surface area (Å²) in [5.74, 6) is -1.75. The molecule has 2 aromatic rings. The molecule has 3 heterocycles. The predicted octanol–water partition coefficient (Wildman–Crippen LogP) is 2.16. The highest BCUT2D eigenvalue weighted by Gasteiger charge is 2.38. The van der Waals surface area contributed by atoms with Crippen LogP contribution in [0.3, 0.4) is 0 Å². The zero-order valence-corrected chi connectivity index (χ0v) is 16.6. The number of carboxylic acids is 1. The van der Waals surface area contributed by atoms with Crippen LogP contribution < -0.4 is 4.90 Å². The number of rotatable bonds is 4. The number of aromatic nitrogens is 2. The molecule has 0 spiro atoms. The van der Waals surface area contributed by atoms with Crippen molar-refractivity contribution >= 4 is 17.7 Å². The molecular formula is C19H23F3N4O4. The molecule has 0 aromatic carbocycles. The maximum absolute atomic E-state index is 12.8. The summed E-state index contributed by atoms with van der Waals surface area (Å²) < 4.78 is 38.8.